The predicted molar refractivity (Wildman–Crippen MR) is 65.7 cm³/mol. The van der Waals surface area contributed by atoms with E-state index in [1.807, 2.05) is 30.3 Å². The fraction of sp³-hybridized carbons (Fsp3) is 0.273. The molecule has 16 heavy (non-hydrogen) atoms. The van der Waals surface area contributed by atoms with Crippen molar-refractivity contribution in [2.45, 2.75) is 19.7 Å². The average Bonchev–Trinajstić information content (AvgIpc) is 2.17. The van der Waals surface area contributed by atoms with Gasteiger partial charge in [-0.25, -0.2) is 0 Å². The monoisotopic (exact) mass is 244 g/mol. The summed E-state index contributed by atoms with van der Waals surface area (Å²) in [5, 5.41) is 0. The Labute approximate surface area is 101 Å². The van der Waals surface area contributed by atoms with Gasteiger partial charge in [0.15, 0.2) is 0 Å². The number of hydrogen-bond acceptors (Lipinski definition) is 2. The van der Waals surface area contributed by atoms with Crippen molar-refractivity contribution in [3.8, 4) is 0 Å². The van der Waals surface area contributed by atoms with E-state index in [1.165, 1.54) is 19.4 Å². The summed E-state index contributed by atoms with van der Waals surface area (Å²) < 4.78 is 0. The van der Waals surface area contributed by atoms with Crippen molar-refractivity contribution in [3.63, 3.8) is 0 Å². The topological polar surface area (TPSA) is 86.2 Å². The Morgan fingerprint density at radius 1 is 1.06 bits per heavy atom. The summed E-state index contributed by atoms with van der Waals surface area (Å²) >= 11 is 5.53. The van der Waals surface area contributed by atoms with E-state index in [4.69, 9.17) is 11.6 Å². The van der Waals surface area contributed by atoms with E-state index < -0.39 is 0 Å². The number of benzene rings is 1. The number of nitrogens with two attached hydrogens (primary N) is 2. The molecule has 4 N–H and O–H groups in total. The lowest BCUT2D eigenvalue weighted by molar-refractivity contribution is -0.116. The zero-order valence-corrected chi connectivity index (χ0v) is 10.2. The van der Waals surface area contributed by atoms with E-state index >= 15 is 0 Å². The van der Waals surface area contributed by atoms with Crippen molar-refractivity contribution >= 4 is 23.4 Å². The quantitative estimate of drug-likeness (QED) is 0.732. The fourth-order valence-corrected chi connectivity index (χ4v) is 0.745. The first-order valence-electron chi connectivity index (χ1n) is 4.52. The molecule has 0 saturated heterocycles. The van der Waals surface area contributed by atoms with Gasteiger partial charge in [-0.3, -0.25) is 9.59 Å². The van der Waals surface area contributed by atoms with Gasteiger partial charge in [0.2, 0.25) is 11.8 Å². The summed E-state index contributed by atoms with van der Waals surface area (Å²) in [4.78, 5) is 18.4. The van der Waals surface area contributed by atoms with E-state index in [0.717, 1.165) is 0 Å². The van der Waals surface area contributed by atoms with Crippen LogP contribution in [0.4, 0.5) is 0 Å². The van der Waals surface area contributed by atoms with Gasteiger partial charge in [-0.1, -0.05) is 30.3 Å². The van der Waals surface area contributed by atoms with Crippen molar-refractivity contribution in [2.24, 2.45) is 11.5 Å². The maximum Gasteiger partial charge on any atom is 0.214 e. The number of primary amides is 2. The van der Waals surface area contributed by atoms with Crippen molar-refractivity contribution in [2.75, 3.05) is 0 Å². The van der Waals surface area contributed by atoms with E-state index in [2.05, 4.69) is 11.5 Å². The van der Waals surface area contributed by atoms with Gasteiger partial charge in [-0.05, 0) is 5.56 Å². The van der Waals surface area contributed by atoms with E-state index in [-0.39, 0.29) is 11.8 Å². The van der Waals surface area contributed by atoms with Gasteiger partial charge < -0.3 is 11.5 Å². The summed E-state index contributed by atoms with van der Waals surface area (Å²) in [6.07, 6.45) is 0. The minimum absolute atomic E-state index is 0.333. The maximum absolute atomic E-state index is 9.22. The Bertz CT molecular complexity index is 282. The molecule has 0 bridgehead atoms. The van der Waals surface area contributed by atoms with Crippen LogP contribution in [0.2, 0.25) is 0 Å². The van der Waals surface area contributed by atoms with Crippen molar-refractivity contribution < 1.29 is 9.59 Å². The van der Waals surface area contributed by atoms with Crippen molar-refractivity contribution in [1.82, 2.24) is 0 Å². The van der Waals surface area contributed by atoms with Crippen LogP contribution >= 0.6 is 11.6 Å². The van der Waals surface area contributed by atoms with Crippen LogP contribution in [0.25, 0.3) is 0 Å². The zero-order valence-electron chi connectivity index (χ0n) is 9.44. The van der Waals surface area contributed by atoms with Gasteiger partial charge in [-0.15, -0.1) is 11.6 Å². The van der Waals surface area contributed by atoms with Gasteiger partial charge in [0, 0.05) is 19.7 Å². The molecule has 0 unspecified atom stereocenters. The highest BCUT2D eigenvalue weighted by molar-refractivity contribution is 6.17. The van der Waals surface area contributed by atoms with Crippen molar-refractivity contribution in [3.05, 3.63) is 35.9 Å². The van der Waals surface area contributed by atoms with Crippen LogP contribution in [0.1, 0.15) is 19.4 Å². The highest BCUT2D eigenvalue weighted by Crippen LogP contribution is 2.00. The number of amides is 2. The predicted octanol–water partition coefficient (Wildman–Crippen LogP) is 1.41. The molecular weight excluding hydrogens is 228 g/mol. The molecule has 0 saturated carbocycles. The van der Waals surface area contributed by atoms with Crippen LogP contribution in [-0.2, 0) is 15.5 Å². The molecule has 0 radical (unpaired) electrons. The minimum atomic E-state index is -0.333. The van der Waals surface area contributed by atoms with Crippen LogP contribution in [0.15, 0.2) is 30.3 Å². The summed E-state index contributed by atoms with van der Waals surface area (Å²) in [5.74, 6) is -0.0547. The second-order valence-electron chi connectivity index (χ2n) is 2.84. The molecule has 4 nitrogen and oxygen atoms in total. The van der Waals surface area contributed by atoms with E-state index in [9.17, 15) is 9.59 Å². The molecule has 1 rings (SSSR count). The molecule has 5 heteroatoms. The molecule has 0 aliphatic heterocycles. The van der Waals surface area contributed by atoms with Crippen LogP contribution in [-0.4, -0.2) is 11.8 Å². The molecule has 0 aromatic heterocycles. The largest absolute Gasteiger partial charge is 0.370 e. The second-order valence-corrected chi connectivity index (χ2v) is 3.11. The Morgan fingerprint density at radius 2 is 1.38 bits per heavy atom. The summed E-state index contributed by atoms with van der Waals surface area (Å²) in [6.45, 7) is 2.61. The van der Waals surface area contributed by atoms with Crippen LogP contribution < -0.4 is 11.5 Å². The van der Waals surface area contributed by atoms with Gasteiger partial charge >= 0.3 is 0 Å². The van der Waals surface area contributed by atoms with E-state index in [1.54, 1.807) is 0 Å². The lowest BCUT2D eigenvalue weighted by Crippen LogP contribution is -2.01. The lowest BCUT2D eigenvalue weighted by Gasteiger charge is -1.88. The first-order chi connectivity index (χ1) is 7.40. The van der Waals surface area contributed by atoms with Gasteiger partial charge in [0.1, 0.15) is 0 Å². The average molecular weight is 245 g/mol. The molecule has 0 fully saturated rings. The first kappa shape index (κ1) is 16.9. The van der Waals surface area contributed by atoms with Crippen molar-refractivity contribution in [1.29, 1.82) is 0 Å². The van der Waals surface area contributed by atoms with E-state index in [0.29, 0.717) is 5.88 Å². The Hall–Kier alpha value is -1.55. The summed E-state index contributed by atoms with van der Waals surface area (Å²) in [7, 11) is 0. The molecule has 2 amide bonds. The van der Waals surface area contributed by atoms with Gasteiger partial charge in [0.05, 0.1) is 0 Å². The smallest absolute Gasteiger partial charge is 0.214 e. The highest BCUT2D eigenvalue weighted by atomic mass is 35.5. The third-order valence-electron chi connectivity index (χ3n) is 0.997. The third kappa shape index (κ3) is 22.9. The lowest BCUT2D eigenvalue weighted by atomic mass is 10.2. The molecule has 90 valence electrons. The summed E-state index contributed by atoms with van der Waals surface area (Å²) in [5.41, 5.74) is 10.1. The SMILES string of the molecule is CC(N)=O.CC(N)=O.ClCc1ccccc1. The van der Waals surface area contributed by atoms with Crippen LogP contribution in [0.3, 0.4) is 0 Å². The molecule has 0 spiro atoms. The van der Waals surface area contributed by atoms with Crippen LogP contribution in [0.5, 0.6) is 0 Å². The Kier molecular flexibility index (Phi) is 12.1. The molecule has 1 aromatic carbocycles. The van der Waals surface area contributed by atoms with Gasteiger partial charge in [0.25, 0.3) is 0 Å². The number of carbonyl (C=O) groups is 2. The fourth-order valence-electron chi connectivity index (χ4n) is 0.567. The summed E-state index contributed by atoms with van der Waals surface area (Å²) in [6, 6.07) is 9.96. The Balaban J connectivity index is 0. The number of carbonyl (C=O) groups excluding carboxylic acids is 2. The number of hydrogen-bond donors (Lipinski definition) is 2. The number of alkyl halides is 1. The number of halogens is 1. The maximum atomic E-state index is 9.22. The number of rotatable bonds is 1. The Morgan fingerprint density at radius 3 is 1.56 bits per heavy atom. The molecule has 1 aromatic rings. The highest BCUT2D eigenvalue weighted by Gasteiger charge is 1.81. The molecule has 0 heterocycles. The standard InChI is InChI=1S/C7H7Cl.2C2H5NO/c8-6-7-4-2-1-3-5-7;2*1-2(3)4/h1-5H,6H2;2*1H3,(H2,3,4). The molecule has 0 atom stereocenters. The molecule has 0 aliphatic carbocycles. The minimum Gasteiger partial charge on any atom is -0.370 e. The van der Waals surface area contributed by atoms with Crippen LogP contribution in [0, 0.1) is 0 Å². The third-order valence-corrected chi connectivity index (χ3v) is 1.31. The zero-order chi connectivity index (χ0) is 13.0. The van der Waals surface area contributed by atoms with Gasteiger partial charge in [-0.2, -0.15) is 0 Å². The first-order valence-corrected chi connectivity index (χ1v) is 5.05. The second kappa shape index (κ2) is 11.5. The molecule has 0 aliphatic rings. The normalized spacial score (nSPS) is 7.69. The molecular formula is C11H17ClN2O2.